The Balaban J connectivity index is 1.85. The standard InChI is InChI=1S/C23H20F3N5O/c1-12(15-7-4-8-16(19(15)24)20(25)26)28-21-18-10-17(14-6-5-9-27-11-14)23(32)31(3)22(18)30-13(2)29-21/h4-12,20H,1-3H3,(H,28,29,30)/t12-/m1/s1. The van der Waals surface area contributed by atoms with E-state index in [0.717, 1.165) is 6.07 Å². The largest absolute Gasteiger partial charge is 0.363 e. The van der Waals surface area contributed by atoms with Crippen molar-refractivity contribution in [3.63, 3.8) is 0 Å². The Morgan fingerprint density at radius 2 is 1.84 bits per heavy atom. The number of hydrogen-bond donors (Lipinski definition) is 1. The number of hydrogen-bond acceptors (Lipinski definition) is 5. The Morgan fingerprint density at radius 3 is 2.53 bits per heavy atom. The first-order chi connectivity index (χ1) is 15.3. The number of nitrogens with zero attached hydrogens (tertiary/aromatic N) is 4. The number of nitrogens with one attached hydrogen (secondary N) is 1. The number of benzene rings is 1. The Hall–Kier alpha value is -3.75. The monoisotopic (exact) mass is 439 g/mol. The SMILES string of the molecule is Cc1nc(N[C@H](C)c2cccc(C(F)F)c2F)c2cc(-c3cccnc3)c(=O)n(C)c2n1. The van der Waals surface area contributed by atoms with Gasteiger partial charge in [-0.2, -0.15) is 0 Å². The maximum Gasteiger partial charge on any atom is 0.266 e. The molecule has 0 aliphatic rings. The van der Waals surface area contributed by atoms with Gasteiger partial charge in [-0.25, -0.2) is 23.1 Å². The van der Waals surface area contributed by atoms with E-state index in [4.69, 9.17) is 0 Å². The molecule has 0 aliphatic heterocycles. The fraction of sp³-hybridized carbons (Fsp3) is 0.217. The molecule has 4 rings (SSSR count). The van der Waals surface area contributed by atoms with E-state index in [1.54, 1.807) is 51.5 Å². The van der Waals surface area contributed by atoms with Crippen LogP contribution in [0.2, 0.25) is 0 Å². The molecule has 0 aliphatic carbocycles. The molecule has 0 fully saturated rings. The highest BCUT2D eigenvalue weighted by molar-refractivity contribution is 5.90. The molecule has 32 heavy (non-hydrogen) atoms. The third-order valence-electron chi connectivity index (χ3n) is 5.26. The van der Waals surface area contributed by atoms with Crippen LogP contribution in [0.5, 0.6) is 0 Å². The number of aryl methyl sites for hydroxylation is 2. The van der Waals surface area contributed by atoms with Gasteiger partial charge >= 0.3 is 0 Å². The molecule has 1 aromatic carbocycles. The fourth-order valence-corrected chi connectivity index (χ4v) is 3.63. The Labute approximate surface area is 181 Å². The second-order valence-electron chi connectivity index (χ2n) is 7.44. The van der Waals surface area contributed by atoms with Crippen LogP contribution >= 0.6 is 0 Å². The van der Waals surface area contributed by atoms with Crippen LogP contribution in [0.15, 0.2) is 53.6 Å². The van der Waals surface area contributed by atoms with Crippen LogP contribution in [0.3, 0.4) is 0 Å². The van der Waals surface area contributed by atoms with Crippen LogP contribution in [0.25, 0.3) is 22.2 Å². The molecule has 0 bridgehead atoms. The summed E-state index contributed by atoms with van der Waals surface area (Å²) in [6, 6.07) is 8.39. The summed E-state index contributed by atoms with van der Waals surface area (Å²) in [4.78, 5) is 25.8. The average Bonchev–Trinajstić information content (AvgIpc) is 2.77. The van der Waals surface area contributed by atoms with Crippen molar-refractivity contribution in [3.05, 3.63) is 81.9 Å². The van der Waals surface area contributed by atoms with Gasteiger partial charge in [0.15, 0.2) is 0 Å². The smallest absolute Gasteiger partial charge is 0.266 e. The molecule has 0 amide bonds. The van der Waals surface area contributed by atoms with Crippen LogP contribution in [-0.2, 0) is 7.05 Å². The highest BCUT2D eigenvalue weighted by atomic mass is 19.3. The summed E-state index contributed by atoms with van der Waals surface area (Å²) in [5.74, 6) is -0.193. The van der Waals surface area contributed by atoms with Gasteiger partial charge in [0.1, 0.15) is 23.1 Å². The summed E-state index contributed by atoms with van der Waals surface area (Å²) in [5, 5.41) is 3.64. The maximum absolute atomic E-state index is 14.7. The fourth-order valence-electron chi connectivity index (χ4n) is 3.63. The number of pyridine rings is 2. The van der Waals surface area contributed by atoms with E-state index in [9.17, 15) is 18.0 Å². The number of rotatable bonds is 5. The topological polar surface area (TPSA) is 72.7 Å². The van der Waals surface area contributed by atoms with Gasteiger partial charge in [0.05, 0.1) is 17.0 Å². The van der Waals surface area contributed by atoms with E-state index in [1.165, 1.54) is 16.7 Å². The van der Waals surface area contributed by atoms with Crippen molar-refractivity contribution in [2.45, 2.75) is 26.3 Å². The molecule has 0 unspecified atom stereocenters. The third kappa shape index (κ3) is 3.81. The number of halogens is 3. The van der Waals surface area contributed by atoms with Crippen molar-refractivity contribution in [2.24, 2.45) is 7.05 Å². The molecule has 0 saturated heterocycles. The molecule has 0 spiro atoms. The summed E-state index contributed by atoms with van der Waals surface area (Å²) in [6.45, 7) is 3.33. The minimum atomic E-state index is -2.92. The first kappa shape index (κ1) is 21.5. The molecule has 0 radical (unpaired) electrons. The summed E-state index contributed by atoms with van der Waals surface area (Å²) >= 11 is 0. The van der Waals surface area contributed by atoms with Gasteiger partial charge in [-0.1, -0.05) is 24.3 Å². The molecule has 9 heteroatoms. The van der Waals surface area contributed by atoms with E-state index in [2.05, 4.69) is 20.3 Å². The normalized spacial score (nSPS) is 12.3. The zero-order valence-electron chi connectivity index (χ0n) is 17.6. The van der Waals surface area contributed by atoms with Gasteiger partial charge in [-0.3, -0.25) is 14.3 Å². The number of anilines is 1. The lowest BCUT2D eigenvalue weighted by molar-refractivity contribution is 0.146. The van der Waals surface area contributed by atoms with Crippen LogP contribution in [0, 0.1) is 12.7 Å². The first-order valence-corrected chi connectivity index (χ1v) is 9.89. The second kappa shape index (κ2) is 8.41. The summed E-state index contributed by atoms with van der Waals surface area (Å²) < 4.78 is 42.3. The quantitative estimate of drug-likeness (QED) is 0.476. The molecule has 1 atom stereocenters. The van der Waals surface area contributed by atoms with E-state index in [1.807, 2.05) is 0 Å². The molecule has 3 aromatic heterocycles. The van der Waals surface area contributed by atoms with Gasteiger partial charge in [0, 0.05) is 36.1 Å². The molecule has 1 N–H and O–H groups in total. The minimum absolute atomic E-state index is 0.0875. The molecule has 4 aromatic rings. The lowest BCUT2D eigenvalue weighted by Crippen LogP contribution is -2.21. The van der Waals surface area contributed by atoms with Gasteiger partial charge < -0.3 is 5.32 Å². The van der Waals surface area contributed by atoms with Crippen molar-refractivity contribution in [2.75, 3.05) is 5.32 Å². The van der Waals surface area contributed by atoms with E-state index in [-0.39, 0.29) is 11.1 Å². The lowest BCUT2D eigenvalue weighted by Gasteiger charge is -2.19. The maximum atomic E-state index is 14.7. The zero-order valence-corrected chi connectivity index (χ0v) is 17.6. The van der Waals surface area contributed by atoms with E-state index < -0.39 is 23.8 Å². The average molecular weight is 439 g/mol. The molecular formula is C23H20F3N5O. The molecule has 6 nitrogen and oxygen atoms in total. The highest BCUT2D eigenvalue weighted by Gasteiger charge is 2.21. The van der Waals surface area contributed by atoms with Crippen LogP contribution in [0.1, 0.15) is 36.3 Å². The van der Waals surface area contributed by atoms with Crippen molar-refractivity contribution >= 4 is 16.9 Å². The van der Waals surface area contributed by atoms with Crippen molar-refractivity contribution in [1.29, 1.82) is 0 Å². The van der Waals surface area contributed by atoms with Gasteiger partial charge in [0.2, 0.25) is 0 Å². The van der Waals surface area contributed by atoms with Gasteiger partial charge in [0.25, 0.3) is 12.0 Å². The van der Waals surface area contributed by atoms with E-state index >= 15 is 0 Å². The lowest BCUT2D eigenvalue weighted by atomic mass is 10.0. The van der Waals surface area contributed by atoms with Gasteiger partial charge in [-0.05, 0) is 26.0 Å². The zero-order chi connectivity index (χ0) is 23.0. The number of alkyl halides is 2. The summed E-state index contributed by atoms with van der Waals surface area (Å²) in [5.41, 5.74) is 0.614. The summed E-state index contributed by atoms with van der Waals surface area (Å²) in [6.07, 6.45) is 0.275. The van der Waals surface area contributed by atoms with Crippen LogP contribution < -0.4 is 10.9 Å². The Bertz CT molecular complexity index is 1360. The molecule has 164 valence electrons. The van der Waals surface area contributed by atoms with Crippen molar-refractivity contribution < 1.29 is 13.2 Å². The first-order valence-electron chi connectivity index (χ1n) is 9.89. The minimum Gasteiger partial charge on any atom is -0.363 e. The Kier molecular flexibility index (Phi) is 5.65. The predicted molar refractivity (Wildman–Crippen MR) is 116 cm³/mol. The molecular weight excluding hydrogens is 419 g/mol. The molecule has 3 heterocycles. The van der Waals surface area contributed by atoms with Crippen molar-refractivity contribution in [1.82, 2.24) is 19.5 Å². The van der Waals surface area contributed by atoms with Crippen molar-refractivity contribution in [3.8, 4) is 11.1 Å². The Morgan fingerprint density at radius 1 is 1.09 bits per heavy atom. The summed E-state index contributed by atoms with van der Waals surface area (Å²) in [7, 11) is 1.61. The number of fused-ring (bicyclic) bond motifs is 1. The van der Waals surface area contributed by atoms with E-state index in [0.29, 0.717) is 33.8 Å². The predicted octanol–water partition coefficient (Wildman–Crippen LogP) is 4.95. The number of aromatic nitrogens is 4. The highest BCUT2D eigenvalue weighted by Crippen LogP contribution is 2.31. The molecule has 0 saturated carbocycles. The van der Waals surface area contributed by atoms with Gasteiger partial charge in [-0.15, -0.1) is 0 Å². The van der Waals surface area contributed by atoms with Crippen LogP contribution in [0.4, 0.5) is 19.0 Å². The second-order valence-corrected chi connectivity index (χ2v) is 7.44. The van der Waals surface area contributed by atoms with Crippen LogP contribution in [-0.4, -0.2) is 19.5 Å². The third-order valence-corrected chi connectivity index (χ3v) is 5.26.